The molecule has 0 fully saturated rings. The normalized spacial score (nSPS) is 17.1. The van der Waals surface area contributed by atoms with Crippen LogP contribution >= 0.6 is 0 Å². The van der Waals surface area contributed by atoms with Crippen LogP contribution in [0.2, 0.25) is 0 Å². The summed E-state index contributed by atoms with van der Waals surface area (Å²) < 4.78 is 0. The van der Waals surface area contributed by atoms with Gasteiger partial charge in [-0.05, 0) is 53.5 Å². The predicted molar refractivity (Wildman–Crippen MR) is 85.4 cm³/mol. The minimum Gasteiger partial charge on any atom is -0.0807 e. The van der Waals surface area contributed by atoms with Gasteiger partial charge in [0, 0.05) is 0 Å². The Bertz CT molecular complexity index is 539. The van der Waals surface area contributed by atoms with Gasteiger partial charge in [0.05, 0.1) is 0 Å². The summed E-state index contributed by atoms with van der Waals surface area (Å²) in [5, 5.41) is 0. The molecule has 0 saturated carbocycles. The first-order valence-electron chi connectivity index (χ1n) is 7.30. The van der Waals surface area contributed by atoms with Gasteiger partial charge in [0.1, 0.15) is 0 Å². The van der Waals surface area contributed by atoms with E-state index in [0.717, 1.165) is 12.8 Å². The van der Waals surface area contributed by atoms with E-state index in [2.05, 4.69) is 70.2 Å². The van der Waals surface area contributed by atoms with Crippen LogP contribution in [0.15, 0.2) is 48.1 Å². The van der Waals surface area contributed by atoms with E-state index in [1.165, 1.54) is 27.8 Å². The Labute approximate surface area is 117 Å². The van der Waals surface area contributed by atoms with Crippen LogP contribution in [0, 0.1) is 6.92 Å². The lowest BCUT2D eigenvalue weighted by atomic mass is 9.87. The van der Waals surface area contributed by atoms with Gasteiger partial charge in [-0.25, -0.2) is 0 Å². The Morgan fingerprint density at radius 1 is 1.26 bits per heavy atom. The zero-order chi connectivity index (χ0) is 13.8. The first-order chi connectivity index (χ1) is 9.13. The van der Waals surface area contributed by atoms with E-state index in [-0.39, 0.29) is 0 Å². The fourth-order valence-corrected chi connectivity index (χ4v) is 2.57. The number of hydrogen-bond acceptors (Lipinski definition) is 0. The molecule has 1 aliphatic carbocycles. The lowest BCUT2D eigenvalue weighted by Gasteiger charge is -2.18. The summed E-state index contributed by atoms with van der Waals surface area (Å²) in [6, 6.07) is 6.88. The molecule has 0 heterocycles. The SMILES string of the molecule is CC/C=C1\CC=CC=C1c1cc(C(C)C)ccc1C. The van der Waals surface area contributed by atoms with Crippen molar-refractivity contribution >= 4 is 5.57 Å². The van der Waals surface area contributed by atoms with E-state index in [0.29, 0.717) is 5.92 Å². The molecule has 1 aromatic rings. The third-order valence-corrected chi connectivity index (χ3v) is 3.75. The maximum atomic E-state index is 2.37. The van der Waals surface area contributed by atoms with Gasteiger partial charge in [0.2, 0.25) is 0 Å². The minimum absolute atomic E-state index is 0.581. The highest BCUT2D eigenvalue weighted by Crippen LogP contribution is 2.33. The summed E-state index contributed by atoms with van der Waals surface area (Å²) in [5.41, 5.74) is 7.06. The summed E-state index contributed by atoms with van der Waals surface area (Å²) in [4.78, 5) is 0. The van der Waals surface area contributed by atoms with E-state index in [9.17, 15) is 0 Å². The van der Waals surface area contributed by atoms with Crippen molar-refractivity contribution in [3.63, 3.8) is 0 Å². The largest absolute Gasteiger partial charge is 0.0807 e. The van der Waals surface area contributed by atoms with Crippen LogP contribution < -0.4 is 0 Å². The standard InChI is InChI=1S/C19H24/c1-5-8-16-9-6-7-10-18(16)19-13-17(14(2)3)12-11-15(19)4/h6-8,10-14H,5,9H2,1-4H3/b16-8+. The Hall–Kier alpha value is -1.56. The molecule has 0 saturated heterocycles. The van der Waals surface area contributed by atoms with Gasteiger partial charge in [-0.3, -0.25) is 0 Å². The van der Waals surface area contributed by atoms with Crippen molar-refractivity contribution < 1.29 is 0 Å². The highest BCUT2D eigenvalue weighted by molar-refractivity contribution is 5.83. The first-order valence-corrected chi connectivity index (χ1v) is 7.30. The molecule has 0 unspecified atom stereocenters. The van der Waals surface area contributed by atoms with Crippen molar-refractivity contribution in [2.45, 2.75) is 46.5 Å². The van der Waals surface area contributed by atoms with E-state index < -0.39 is 0 Å². The molecule has 0 heteroatoms. The fraction of sp³-hybridized carbons (Fsp3) is 0.368. The van der Waals surface area contributed by atoms with Crippen LogP contribution in [0.4, 0.5) is 0 Å². The van der Waals surface area contributed by atoms with Crippen LogP contribution in [0.3, 0.4) is 0 Å². The second-order valence-electron chi connectivity index (χ2n) is 5.58. The van der Waals surface area contributed by atoms with Gasteiger partial charge in [0.25, 0.3) is 0 Å². The smallest absolute Gasteiger partial charge is 0.00913 e. The minimum atomic E-state index is 0.581. The van der Waals surface area contributed by atoms with Crippen molar-refractivity contribution in [1.29, 1.82) is 0 Å². The molecule has 0 spiro atoms. The third kappa shape index (κ3) is 3.07. The zero-order valence-electron chi connectivity index (χ0n) is 12.5. The molecule has 2 rings (SSSR count). The first kappa shape index (κ1) is 13.9. The summed E-state index contributed by atoms with van der Waals surface area (Å²) in [5.74, 6) is 0.581. The lowest BCUT2D eigenvalue weighted by molar-refractivity contribution is 0.865. The summed E-state index contributed by atoms with van der Waals surface area (Å²) in [6.45, 7) is 8.93. The van der Waals surface area contributed by atoms with Crippen LogP contribution in [-0.4, -0.2) is 0 Å². The molecule has 0 amide bonds. The molecular formula is C19H24. The lowest BCUT2D eigenvalue weighted by Crippen LogP contribution is -1.98. The van der Waals surface area contributed by atoms with Gasteiger partial charge in [-0.1, -0.05) is 63.3 Å². The van der Waals surface area contributed by atoms with Gasteiger partial charge in [0.15, 0.2) is 0 Å². The molecule has 0 radical (unpaired) electrons. The van der Waals surface area contributed by atoms with Crippen molar-refractivity contribution in [1.82, 2.24) is 0 Å². The summed E-state index contributed by atoms with van der Waals surface area (Å²) in [7, 11) is 0. The number of benzene rings is 1. The average Bonchev–Trinajstić information content (AvgIpc) is 2.40. The molecule has 1 aliphatic rings. The van der Waals surface area contributed by atoms with Crippen molar-refractivity contribution in [2.75, 3.05) is 0 Å². The van der Waals surface area contributed by atoms with Gasteiger partial charge in [-0.2, -0.15) is 0 Å². The van der Waals surface area contributed by atoms with Crippen LogP contribution in [0.1, 0.15) is 56.2 Å². The summed E-state index contributed by atoms with van der Waals surface area (Å²) in [6.07, 6.45) is 11.2. The summed E-state index contributed by atoms with van der Waals surface area (Å²) >= 11 is 0. The van der Waals surface area contributed by atoms with E-state index in [4.69, 9.17) is 0 Å². The molecule has 19 heavy (non-hydrogen) atoms. The molecule has 100 valence electrons. The fourth-order valence-electron chi connectivity index (χ4n) is 2.57. The molecule has 0 nitrogen and oxygen atoms in total. The van der Waals surface area contributed by atoms with Gasteiger partial charge < -0.3 is 0 Å². The van der Waals surface area contributed by atoms with Crippen molar-refractivity contribution in [3.8, 4) is 0 Å². The maximum absolute atomic E-state index is 2.37. The number of allylic oxidation sites excluding steroid dienone is 6. The Morgan fingerprint density at radius 2 is 2.05 bits per heavy atom. The number of hydrogen-bond donors (Lipinski definition) is 0. The molecule has 0 aromatic heterocycles. The van der Waals surface area contributed by atoms with E-state index in [1.54, 1.807) is 0 Å². The van der Waals surface area contributed by atoms with E-state index in [1.807, 2.05) is 0 Å². The Kier molecular flexibility index (Phi) is 4.42. The third-order valence-electron chi connectivity index (χ3n) is 3.75. The maximum Gasteiger partial charge on any atom is -0.00913 e. The molecule has 0 N–H and O–H groups in total. The topological polar surface area (TPSA) is 0 Å². The van der Waals surface area contributed by atoms with Crippen LogP contribution in [0.5, 0.6) is 0 Å². The predicted octanol–water partition coefficient (Wildman–Crippen LogP) is 5.80. The number of aryl methyl sites for hydroxylation is 1. The van der Waals surface area contributed by atoms with Crippen LogP contribution in [0.25, 0.3) is 5.57 Å². The molecule has 0 aliphatic heterocycles. The monoisotopic (exact) mass is 252 g/mol. The zero-order valence-corrected chi connectivity index (χ0v) is 12.5. The van der Waals surface area contributed by atoms with Gasteiger partial charge in [-0.15, -0.1) is 0 Å². The highest BCUT2D eigenvalue weighted by atomic mass is 14.2. The van der Waals surface area contributed by atoms with Crippen LogP contribution in [-0.2, 0) is 0 Å². The molecule has 0 bridgehead atoms. The number of rotatable bonds is 3. The average molecular weight is 252 g/mol. The molecular weight excluding hydrogens is 228 g/mol. The van der Waals surface area contributed by atoms with Crippen molar-refractivity contribution in [2.24, 2.45) is 0 Å². The molecule has 0 atom stereocenters. The Balaban J connectivity index is 2.50. The second kappa shape index (κ2) is 6.06. The van der Waals surface area contributed by atoms with Gasteiger partial charge >= 0.3 is 0 Å². The highest BCUT2D eigenvalue weighted by Gasteiger charge is 2.12. The Morgan fingerprint density at radius 3 is 2.74 bits per heavy atom. The molecule has 1 aromatic carbocycles. The van der Waals surface area contributed by atoms with E-state index >= 15 is 0 Å². The second-order valence-corrected chi connectivity index (χ2v) is 5.58. The quantitative estimate of drug-likeness (QED) is 0.638. The van der Waals surface area contributed by atoms with Crippen molar-refractivity contribution in [3.05, 3.63) is 64.8 Å².